The molecule has 94 valence electrons. The molecule has 1 fully saturated rings. The lowest BCUT2D eigenvalue weighted by atomic mass is 9.86. The van der Waals surface area contributed by atoms with Gasteiger partial charge in [-0.05, 0) is 36.8 Å². The normalized spacial score (nSPS) is 17.8. The van der Waals surface area contributed by atoms with Crippen LogP contribution in [0.2, 0.25) is 0 Å². The van der Waals surface area contributed by atoms with Crippen molar-refractivity contribution >= 4 is 11.4 Å². The Bertz CT molecular complexity index is 362. The summed E-state index contributed by atoms with van der Waals surface area (Å²) in [5.74, 6) is 1.28. The molecule has 1 aliphatic heterocycles. The average Bonchev–Trinajstić information content (AvgIpc) is 2.29. The summed E-state index contributed by atoms with van der Waals surface area (Å²) in [6.45, 7) is 6.34. The van der Waals surface area contributed by atoms with E-state index in [1.807, 2.05) is 0 Å². The zero-order valence-corrected chi connectivity index (χ0v) is 10.6. The first-order valence-corrected chi connectivity index (χ1v) is 6.38. The molecule has 3 heteroatoms. The van der Waals surface area contributed by atoms with Gasteiger partial charge in [-0.15, -0.1) is 0 Å². The average molecular weight is 236 g/mol. The largest absolute Gasteiger partial charge is 0.397 e. The van der Waals surface area contributed by atoms with E-state index in [-0.39, 0.29) is 5.82 Å². The highest BCUT2D eigenvalue weighted by atomic mass is 19.1. The van der Waals surface area contributed by atoms with Crippen LogP contribution in [0.15, 0.2) is 18.2 Å². The van der Waals surface area contributed by atoms with Crippen LogP contribution in [0, 0.1) is 17.7 Å². The van der Waals surface area contributed by atoms with Crippen LogP contribution in [0.4, 0.5) is 15.8 Å². The molecule has 2 rings (SSSR count). The van der Waals surface area contributed by atoms with Gasteiger partial charge in [0, 0.05) is 13.1 Å². The van der Waals surface area contributed by atoms with E-state index >= 15 is 0 Å². The van der Waals surface area contributed by atoms with E-state index in [4.69, 9.17) is 5.73 Å². The van der Waals surface area contributed by atoms with Crippen molar-refractivity contribution in [1.82, 2.24) is 0 Å². The zero-order valence-electron chi connectivity index (χ0n) is 10.6. The predicted octanol–water partition coefficient (Wildman–Crippen LogP) is 3.28. The van der Waals surface area contributed by atoms with Gasteiger partial charge in [0.15, 0.2) is 0 Å². The van der Waals surface area contributed by atoms with Gasteiger partial charge in [0.05, 0.1) is 11.4 Å². The van der Waals surface area contributed by atoms with Crippen molar-refractivity contribution in [2.24, 2.45) is 11.8 Å². The van der Waals surface area contributed by atoms with Crippen molar-refractivity contribution in [2.45, 2.75) is 26.7 Å². The lowest BCUT2D eigenvalue weighted by Crippen LogP contribution is -2.36. The molecular weight excluding hydrogens is 215 g/mol. The minimum atomic E-state index is -0.201. The Morgan fingerprint density at radius 2 is 1.94 bits per heavy atom. The third-order valence-electron chi connectivity index (χ3n) is 3.82. The number of piperidine rings is 1. The number of nitrogens with two attached hydrogens (primary N) is 1. The van der Waals surface area contributed by atoms with Crippen LogP contribution in [-0.4, -0.2) is 13.1 Å². The van der Waals surface area contributed by atoms with E-state index < -0.39 is 0 Å². The number of hydrogen-bond acceptors (Lipinski definition) is 2. The first-order valence-electron chi connectivity index (χ1n) is 6.38. The third-order valence-corrected chi connectivity index (χ3v) is 3.82. The molecule has 0 unspecified atom stereocenters. The second-order valence-electron chi connectivity index (χ2n) is 5.25. The van der Waals surface area contributed by atoms with Crippen molar-refractivity contribution in [3.8, 4) is 0 Å². The fourth-order valence-corrected chi connectivity index (χ4v) is 2.66. The molecule has 1 saturated heterocycles. The van der Waals surface area contributed by atoms with Gasteiger partial charge in [-0.2, -0.15) is 0 Å². The van der Waals surface area contributed by atoms with Crippen molar-refractivity contribution in [3.05, 3.63) is 24.0 Å². The van der Waals surface area contributed by atoms with Crippen LogP contribution in [0.5, 0.6) is 0 Å². The number of para-hydroxylation sites is 1. The maximum atomic E-state index is 13.8. The Balaban J connectivity index is 2.11. The Hall–Kier alpha value is -1.25. The first-order chi connectivity index (χ1) is 8.09. The van der Waals surface area contributed by atoms with Crippen molar-refractivity contribution in [2.75, 3.05) is 23.7 Å². The van der Waals surface area contributed by atoms with Crippen LogP contribution in [0.1, 0.15) is 26.7 Å². The fraction of sp³-hybridized carbons (Fsp3) is 0.571. The molecule has 0 amide bonds. The molecule has 0 aliphatic carbocycles. The molecule has 1 aromatic carbocycles. The summed E-state index contributed by atoms with van der Waals surface area (Å²) >= 11 is 0. The minimum Gasteiger partial charge on any atom is -0.397 e. The van der Waals surface area contributed by atoms with Gasteiger partial charge >= 0.3 is 0 Å². The smallest absolute Gasteiger partial charge is 0.148 e. The van der Waals surface area contributed by atoms with Crippen LogP contribution < -0.4 is 10.6 Å². The zero-order chi connectivity index (χ0) is 12.4. The molecule has 17 heavy (non-hydrogen) atoms. The topological polar surface area (TPSA) is 29.3 Å². The van der Waals surface area contributed by atoms with E-state index in [0.29, 0.717) is 11.4 Å². The summed E-state index contributed by atoms with van der Waals surface area (Å²) in [7, 11) is 0. The Morgan fingerprint density at radius 3 is 2.47 bits per heavy atom. The predicted molar refractivity (Wildman–Crippen MR) is 70.6 cm³/mol. The van der Waals surface area contributed by atoms with Crippen LogP contribution in [0.3, 0.4) is 0 Å². The molecule has 2 N–H and O–H groups in total. The molecule has 1 heterocycles. The van der Waals surface area contributed by atoms with Gasteiger partial charge in [-0.3, -0.25) is 0 Å². The highest BCUT2D eigenvalue weighted by Crippen LogP contribution is 2.32. The number of hydrogen-bond donors (Lipinski definition) is 1. The van der Waals surface area contributed by atoms with Crippen LogP contribution in [-0.2, 0) is 0 Å². The monoisotopic (exact) mass is 236 g/mol. The van der Waals surface area contributed by atoms with Gasteiger partial charge in [-0.25, -0.2) is 4.39 Å². The molecular formula is C14H21FN2. The van der Waals surface area contributed by atoms with E-state index in [0.717, 1.165) is 37.8 Å². The Morgan fingerprint density at radius 1 is 1.29 bits per heavy atom. The summed E-state index contributed by atoms with van der Waals surface area (Å²) < 4.78 is 13.8. The summed E-state index contributed by atoms with van der Waals surface area (Å²) in [6.07, 6.45) is 2.26. The molecule has 0 bridgehead atoms. The third kappa shape index (κ3) is 2.54. The first kappa shape index (κ1) is 12.2. The summed E-state index contributed by atoms with van der Waals surface area (Å²) in [5.41, 5.74) is 7.01. The number of halogens is 1. The molecule has 1 aromatic rings. The second kappa shape index (κ2) is 4.94. The quantitative estimate of drug-likeness (QED) is 0.798. The van der Waals surface area contributed by atoms with Crippen molar-refractivity contribution in [3.63, 3.8) is 0 Å². The lowest BCUT2D eigenvalue weighted by molar-refractivity contribution is 0.310. The standard InChI is InChI=1S/C14H21FN2/c1-10(2)11-6-8-17(9-7-11)14-12(15)4-3-5-13(14)16/h3-5,10-11H,6-9,16H2,1-2H3. The lowest BCUT2D eigenvalue weighted by Gasteiger charge is -2.36. The van der Waals surface area contributed by atoms with E-state index in [9.17, 15) is 4.39 Å². The maximum Gasteiger partial charge on any atom is 0.148 e. The van der Waals surface area contributed by atoms with Crippen LogP contribution in [0.25, 0.3) is 0 Å². The van der Waals surface area contributed by atoms with Crippen LogP contribution >= 0.6 is 0 Å². The number of anilines is 2. The van der Waals surface area contributed by atoms with Crippen molar-refractivity contribution in [1.29, 1.82) is 0 Å². The Kier molecular flexibility index (Phi) is 3.55. The van der Waals surface area contributed by atoms with Gasteiger partial charge in [-0.1, -0.05) is 19.9 Å². The molecule has 0 saturated carbocycles. The van der Waals surface area contributed by atoms with Gasteiger partial charge in [0.1, 0.15) is 5.82 Å². The maximum absolute atomic E-state index is 13.8. The minimum absolute atomic E-state index is 0.201. The van der Waals surface area contributed by atoms with E-state index in [2.05, 4.69) is 18.7 Å². The number of rotatable bonds is 2. The molecule has 0 radical (unpaired) electrons. The molecule has 1 aliphatic rings. The van der Waals surface area contributed by atoms with E-state index in [1.54, 1.807) is 12.1 Å². The van der Waals surface area contributed by atoms with E-state index in [1.165, 1.54) is 6.07 Å². The molecule has 0 atom stereocenters. The summed E-state index contributed by atoms with van der Waals surface area (Å²) in [6, 6.07) is 4.92. The SMILES string of the molecule is CC(C)C1CCN(c2c(N)cccc2F)CC1. The highest BCUT2D eigenvalue weighted by molar-refractivity contribution is 5.68. The number of nitrogen functional groups attached to an aromatic ring is 1. The molecule has 2 nitrogen and oxygen atoms in total. The number of nitrogens with zero attached hydrogens (tertiary/aromatic N) is 1. The van der Waals surface area contributed by atoms with Gasteiger partial charge in [0.2, 0.25) is 0 Å². The highest BCUT2D eigenvalue weighted by Gasteiger charge is 2.24. The summed E-state index contributed by atoms with van der Waals surface area (Å²) in [5, 5.41) is 0. The second-order valence-corrected chi connectivity index (χ2v) is 5.25. The van der Waals surface area contributed by atoms with Crippen molar-refractivity contribution < 1.29 is 4.39 Å². The van der Waals surface area contributed by atoms with Gasteiger partial charge in [0.25, 0.3) is 0 Å². The molecule has 0 aromatic heterocycles. The number of benzene rings is 1. The van der Waals surface area contributed by atoms with Gasteiger partial charge < -0.3 is 10.6 Å². The molecule has 0 spiro atoms. The Labute approximate surface area is 103 Å². The summed E-state index contributed by atoms with van der Waals surface area (Å²) in [4.78, 5) is 2.09. The fourth-order valence-electron chi connectivity index (χ4n) is 2.66.